The number of hydrogen-bond acceptors (Lipinski definition) is 4. The molecule has 3 aliphatic carbocycles. The molecule has 50 heavy (non-hydrogen) atoms. The molecule has 4 aliphatic rings. The fraction of sp³-hybridized carbons (Fsp3) is 0.133. The number of benzene rings is 4. The number of para-hydroxylation sites is 3. The summed E-state index contributed by atoms with van der Waals surface area (Å²) < 4.78 is 2.30. The van der Waals surface area contributed by atoms with Crippen LogP contribution in [0.25, 0.3) is 27.4 Å². The van der Waals surface area contributed by atoms with Crippen LogP contribution in [0.2, 0.25) is 0 Å². The second kappa shape index (κ2) is 11.8. The summed E-state index contributed by atoms with van der Waals surface area (Å²) >= 11 is 0. The highest BCUT2D eigenvalue weighted by Crippen LogP contribution is 2.49. The fourth-order valence-electron chi connectivity index (χ4n) is 8.69. The fourth-order valence-corrected chi connectivity index (χ4v) is 8.69. The van der Waals surface area contributed by atoms with E-state index in [9.17, 15) is 15.8 Å². The van der Waals surface area contributed by atoms with Gasteiger partial charge in [-0.3, -0.25) is 0 Å². The normalized spacial score (nSPS) is 24.6. The van der Waals surface area contributed by atoms with Gasteiger partial charge in [0.1, 0.15) is 0 Å². The summed E-state index contributed by atoms with van der Waals surface area (Å²) in [7, 11) is 0. The van der Waals surface area contributed by atoms with Gasteiger partial charge in [-0.2, -0.15) is 15.8 Å². The predicted octanol–water partition coefficient (Wildman–Crippen LogP) is 9.57. The van der Waals surface area contributed by atoms with Crippen molar-refractivity contribution in [1.82, 2.24) is 4.57 Å². The monoisotopic (exact) mass is 641 g/mol. The molecule has 4 aromatic carbocycles. The van der Waals surface area contributed by atoms with E-state index in [2.05, 4.69) is 161 Å². The molecule has 0 spiro atoms. The molecule has 236 valence electrons. The van der Waals surface area contributed by atoms with E-state index in [1.165, 1.54) is 16.3 Å². The third-order valence-corrected chi connectivity index (χ3v) is 10.8. The Kier molecular flexibility index (Phi) is 6.98. The highest BCUT2D eigenvalue weighted by Gasteiger charge is 2.43. The predicted molar refractivity (Wildman–Crippen MR) is 199 cm³/mol. The molecule has 0 amide bonds. The van der Waals surface area contributed by atoms with Crippen molar-refractivity contribution in [2.24, 2.45) is 5.92 Å². The highest BCUT2D eigenvalue weighted by atomic mass is 15.2. The first-order valence-corrected chi connectivity index (χ1v) is 17.0. The van der Waals surface area contributed by atoms with Gasteiger partial charge in [-0.15, -0.1) is 0 Å². The van der Waals surface area contributed by atoms with Crippen LogP contribution < -0.4 is 4.90 Å². The van der Waals surface area contributed by atoms with Gasteiger partial charge in [-0.25, -0.2) is 0 Å². The number of anilines is 1. The Bertz CT molecular complexity index is 2480. The van der Waals surface area contributed by atoms with Gasteiger partial charge in [0.05, 0.1) is 47.8 Å². The lowest BCUT2D eigenvalue weighted by atomic mass is 9.78. The summed E-state index contributed by atoms with van der Waals surface area (Å²) in [4.78, 5) is 2.46. The number of allylic oxidation sites excluding steroid dienone is 8. The maximum atomic E-state index is 10.7. The van der Waals surface area contributed by atoms with E-state index in [1.54, 1.807) is 0 Å². The Morgan fingerprint density at radius 1 is 0.580 bits per heavy atom. The van der Waals surface area contributed by atoms with Crippen LogP contribution in [0.1, 0.15) is 40.1 Å². The average molecular weight is 642 g/mol. The Hall–Kier alpha value is -6.61. The second-order valence-corrected chi connectivity index (χ2v) is 13.3. The Labute approximate surface area is 291 Å². The van der Waals surface area contributed by atoms with Crippen LogP contribution in [0.4, 0.5) is 5.69 Å². The molecule has 0 fully saturated rings. The summed E-state index contributed by atoms with van der Waals surface area (Å²) in [6, 6.07) is 38.4. The Morgan fingerprint density at radius 3 is 2.04 bits per heavy atom. The van der Waals surface area contributed by atoms with E-state index in [0.29, 0.717) is 11.1 Å². The van der Waals surface area contributed by atoms with E-state index < -0.39 is 5.92 Å². The van der Waals surface area contributed by atoms with Gasteiger partial charge in [0.25, 0.3) is 0 Å². The van der Waals surface area contributed by atoms with E-state index in [-0.39, 0.29) is 30.0 Å². The molecule has 0 N–H and O–H groups in total. The number of rotatable bonds is 4. The molecule has 2 heterocycles. The first-order valence-electron chi connectivity index (χ1n) is 17.0. The molecular formula is C45H31N5. The molecule has 5 heteroatoms. The molecular weight excluding hydrogens is 611 g/mol. The number of hydrogen-bond donors (Lipinski definition) is 0. The molecule has 1 aliphatic heterocycles. The first kappa shape index (κ1) is 29.5. The molecule has 0 bridgehead atoms. The largest absolute Gasteiger partial charge is 0.357 e. The lowest BCUT2D eigenvalue weighted by molar-refractivity contribution is 0.561. The van der Waals surface area contributed by atoms with Gasteiger partial charge >= 0.3 is 0 Å². The van der Waals surface area contributed by atoms with Crippen molar-refractivity contribution in [2.45, 2.75) is 30.0 Å². The number of nitrogens with zero attached hydrogens (tertiary/aromatic N) is 5. The van der Waals surface area contributed by atoms with Gasteiger partial charge in [0, 0.05) is 44.9 Å². The van der Waals surface area contributed by atoms with Gasteiger partial charge in [0.15, 0.2) is 0 Å². The van der Waals surface area contributed by atoms with Gasteiger partial charge < -0.3 is 9.47 Å². The minimum absolute atomic E-state index is 0.0367. The standard InChI is InChI=1S/C45H31N5/c46-26-29-20-22-44-38(24-29)36-13-3-7-18-42(36)50(44)43-19-8-4-14-37(43)45-31(27-47)10-9-15-33(45)30-21-23-39(32(25-30)28-48)49-40-16-5-1-11-34(40)35-12-2-6-17-41(35)49/h1-25,32,37-39,43-44H. The van der Waals surface area contributed by atoms with Crippen molar-refractivity contribution in [3.05, 3.63) is 180 Å². The number of aromatic nitrogens is 1. The van der Waals surface area contributed by atoms with Crippen LogP contribution in [0, 0.1) is 39.9 Å². The summed E-state index contributed by atoms with van der Waals surface area (Å²) in [6.07, 6.45) is 21.2. The van der Waals surface area contributed by atoms with Crippen molar-refractivity contribution in [1.29, 1.82) is 15.8 Å². The van der Waals surface area contributed by atoms with Crippen LogP contribution in [-0.2, 0) is 0 Å². The minimum Gasteiger partial charge on any atom is -0.357 e. The second-order valence-electron chi connectivity index (χ2n) is 13.3. The molecule has 1 aromatic heterocycles. The Balaban J connectivity index is 1.15. The molecule has 6 unspecified atom stereocenters. The minimum atomic E-state index is -0.426. The molecule has 5 nitrogen and oxygen atoms in total. The van der Waals surface area contributed by atoms with Crippen molar-refractivity contribution in [3.8, 4) is 18.2 Å². The summed E-state index contributed by atoms with van der Waals surface area (Å²) in [5, 5.41) is 33.3. The SMILES string of the molecule is N#CC1=CC2c3ccccc3N(C3C=CC=CC3c3c(C#N)cccc3C3=CC(C#N)C(n4c5ccccc5c5ccccc54)C=C3)C2C=C1. The van der Waals surface area contributed by atoms with Gasteiger partial charge in [0.2, 0.25) is 0 Å². The van der Waals surface area contributed by atoms with Crippen molar-refractivity contribution in [3.63, 3.8) is 0 Å². The third kappa shape index (κ3) is 4.43. The Morgan fingerprint density at radius 2 is 1.28 bits per heavy atom. The van der Waals surface area contributed by atoms with E-state index >= 15 is 0 Å². The van der Waals surface area contributed by atoms with Crippen molar-refractivity contribution in [2.75, 3.05) is 4.90 Å². The lowest BCUT2D eigenvalue weighted by Crippen LogP contribution is -2.44. The molecule has 0 saturated carbocycles. The summed E-state index contributed by atoms with van der Waals surface area (Å²) in [5.41, 5.74) is 8.72. The van der Waals surface area contributed by atoms with Gasteiger partial charge in [-0.05, 0) is 52.6 Å². The number of fused-ring (bicyclic) bond motifs is 6. The lowest BCUT2D eigenvalue weighted by Gasteiger charge is -2.40. The molecule has 0 radical (unpaired) electrons. The summed E-state index contributed by atoms with van der Waals surface area (Å²) in [6.45, 7) is 0. The topological polar surface area (TPSA) is 79.5 Å². The molecule has 9 rings (SSSR count). The zero-order valence-electron chi connectivity index (χ0n) is 27.1. The zero-order chi connectivity index (χ0) is 33.8. The average Bonchev–Trinajstić information content (AvgIpc) is 3.69. The van der Waals surface area contributed by atoms with E-state index in [0.717, 1.165) is 33.4 Å². The van der Waals surface area contributed by atoms with Gasteiger partial charge in [-0.1, -0.05) is 121 Å². The van der Waals surface area contributed by atoms with E-state index in [1.807, 2.05) is 18.2 Å². The van der Waals surface area contributed by atoms with Crippen molar-refractivity contribution >= 4 is 33.1 Å². The quantitative estimate of drug-likeness (QED) is 0.196. The zero-order valence-corrected chi connectivity index (χ0v) is 27.1. The smallest absolute Gasteiger partial charge is 0.0994 e. The van der Waals surface area contributed by atoms with Crippen LogP contribution in [0.3, 0.4) is 0 Å². The third-order valence-electron chi connectivity index (χ3n) is 10.8. The van der Waals surface area contributed by atoms with Crippen LogP contribution in [-0.4, -0.2) is 16.7 Å². The molecule has 5 aromatic rings. The maximum absolute atomic E-state index is 10.7. The first-order chi connectivity index (χ1) is 24.7. The van der Waals surface area contributed by atoms with Crippen LogP contribution in [0.5, 0.6) is 0 Å². The molecule has 0 saturated heterocycles. The maximum Gasteiger partial charge on any atom is 0.0994 e. The van der Waals surface area contributed by atoms with E-state index in [4.69, 9.17) is 0 Å². The van der Waals surface area contributed by atoms with Crippen molar-refractivity contribution < 1.29 is 0 Å². The molecule has 6 atom stereocenters. The van der Waals surface area contributed by atoms with Crippen LogP contribution in [0.15, 0.2) is 157 Å². The van der Waals surface area contributed by atoms with Crippen LogP contribution >= 0.6 is 0 Å². The summed E-state index contributed by atoms with van der Waals surface area (Å²) in [5.74, 6) is -0.503. The number of nitriles is 3. The highest BCUT2D eigenvalue weighted by molar-refractivity contribution is 6.08.